The van der Waals surface area contributed by atoms with Gasteiger partial charge in [-0.05, 0) is 31.2 Å². The summed E-state index contributed by atoms with van der Waals surface area (Å²) in [6, 6.07) is 0.630. The quantitative estimate of drug-likeness (QED) is 0.669. The molecular formula is C13H27NO. The number of ether oxygens (including phenoxy) is 1. The number of methoxy groups -OCH3 is 1. The van der Waals surface area contributed by atoms with Crippen LogP contribution in [0.4, 0.5) is 0 Å². The van der Waals surface area contributed by atoms with E-state index in [4.69, 9.17) is 4.74 Å². The Morgan fingerprint density at radius 3 is 2.53 bits per heavy atom. The van der Waals surface area contributed by atoms with Crippen molar-refractivity contribution in [2.45, 2.75) is 52.0 Å². The molecule has 2 nitrogen and oxygen atoms in total. The molecule has 1 N–H and O–H groups in total. The molecule has 0 aromatic rings. The summed E-state index contributed by atoms with van der Waals surface area (Å²) < 4.78 is 5.14. The smallest absolute Gasteiger partial charge is 0.0477 e. The fourth-order valence-corrected chi connectivity index (χ4v) is 2.17. The Hall–Kier alpha value is -0.0800. The van der Waals surface area contributed by atoms with Crippen molar-refractivity contribution in [1.29, 1.82) is 0 Å². The molecule has 0 bridgehead atoms. The number of rotatable bonds is 8. The summed E-state index contributed by atoms with van der Waals surface area (Å²) in [7, 11) is 1.78. The van der Waals surface area contributed by atoms with E-state index in [2.05, 4.69) is 19.2 Å². The first kappa shape index (κ1) is 13.0. The van der Waals surface area contributed by atoms with Crippen molar-refractivity contribution in [3.63, 3.8) is 0 Å². The molecule has 1 unspecified atom stereocenters. The third kappa shape index (κ3) is 4.98. The van der Waals surface area contributed by atoms with Crippen LogP contribution >= 0.6 is 0 Å². The summed E-state index contributed by atoms with van der Waals surface area (Å²) in [6.45, 7) is 6.64. The molecule has 2 heteroatoms. The first-order chi connectivity index (χ1) is 7.24. The lowest BCUT2D eigenvalue weighted by Crippen LogP contribution is -2.36. The van der Waals surface area contributed by atoms with Crippen molar-refractivity contribution in [3.05, 3.63) is 0 Å². The highest BCUT2D eigenvalue weighted by Crippen LogP contribution is 2.28. The molecule has 0 spiro atoms. The van der Waals surface area contributed by atoms with Gasteiger partial charge in [-0.1, -0.05) is 33.1 Å². The average molecular weight is 213 g/mol. The molecule has 1 fully saturated rings. The number of nitrogens with one attached hydrogen (secondary N) is 1. The Bertz CT molecular complexity index is 155. The van der Waals surface area contributed by atoms with Crippen molar-refractivity contribution in [3.8, 4) is 0 Å². The van der Waals surface area contributed by atoms with E-state index in [0.717, 1.165) is 18.9 Å². The Morgan fingerprint density at radius 1 is 1.33 bits per heavy atom. The highest BCUT2D eigenvalue weighted by molar-refractivity contribution is 4.74. The van der Waals surface area contributed by atoms with Gasteiger partial charge < -0.3 is 10.1 Å². The molecule has 1 aliphatic carbocycles. The van der Waals surface area contributed by atoms with Gasteiger partial charge in [0, 0.05) is 19.8 Å². The van der Waals surface area contributed by atoms with Crippen molar-refractivity contribution >= 4 is 0 Å². The minimum Gasteiger partial charge on any atom is -0.385 e. The molecule has 0 aromatic heterocycles. The van der Waals surface area contributed by atoms with E-state index in [9.17, 15) is 0 Å². The molecule has 90 valence electrons. The summed E-state index contributed by atoms with van der Waals surface area (Å²) in [5, 5.41) is 3.67. The molecule has 0 amide bonds. The van der Waals surface area contributed by atoms with Gasteiger partial charge in [-0.2, -0.15) is 0 Å². The second-order valence-corrected chi connectivity index (χ2v) is 5.17. The average Bonchev–Trinajstić information content (AvgIpc) is 2.13. The van der Waals surface area contributed by atoms with Crippen LogP contribution < -0.4 is 5.32 Å². The molecule has 0 heterocycles. The number of hydrogen-bond acceptors (Lipinski definition) is 2. The predicted molar refractivity (Wildman–Crippen MR) is 65.1 cm³/mol. The Kier molecular flexibility index (Phi) is 6.26. The second kappa shape index (κ2) is 7.24. The molecule has 0 aliphatic heterocycles. The van der Waals surface area contributed by atoms with Crippen LogP contribution in [0.5, 0.6) is 0 Å². The van der Waals surface area contributed by atoms with E-state index >= 15 is 0 Å². The SMILES string of the molecule is COCCC(NCCC1CCC1)C(C)C. The zero-order valence-corrected chi connectivity index (χ0v) is 10.6. The third-order valence-corrected chi connectivity index (χ3v) is 3.62. The summed E-state index contributed by atoms with van der Waals surface area (Å²) in [6.07, 6.45) is 6.90. The molecule has 0 radical (unpaired) electrons. The molecule has 1 rings (SSSR count). The highest BCUT2D eigenvalue weighted by atomic mass is 16.5. The first-order valence-electron chi connectivity index (χ1n) is 6.46. The highest BCUT2D eigenvalue weighted by Gasteiger charge is 2.18. The maximum absolute atomic E-state index is 5.14. The number of hydrogen-bond donors (Lipinski definition) is 1. The summed E-state index contributed by atoms with van der Waals surface area (Å²) in [5.41, 5.74) is 0. The zero-order valence-electron chi connectivity index (χ0n) is 10.6. The van der Waals surface area contributed by atoms with Gasteiger partial charge >= 0.3 is 0 Å². The molecular weight excluding hydrogens is 186 g/mol. The van der Waals surface area contributed by atoms with Crippen LogP contribution in [-0.2, 0) is 4.74 Å². The lowest BCUT2D eigenvalue weighted by molar-refractivity contribution is 0.172. The van der Waals surface area contributed by atoms with Gasteiger partial charge in [0.15, 0.2) is 0 Å². The van der Waals surface area contributed by atoms with Crippen LogP contribution in [0.1, 0.15) is 46.0 Å². The minimum atomic E-state index is 0.630. The first-order valence-corrected chi connectivity index (χ1v) is 6.46. The maximum Gasteiger partial charge on any atom is 0.0477 e. The van der Waals surface area contributed by atoms with Crippen LogP contribution in [0, 0.1) is 11.8 Å². The van der Waals surface area contributed by atoms with Crippen LogP contribution in [0.15, 0.2) is 0 Å². The van der Waals surface area contributed by atoms with Crippen molar-refractivity contribution in [2.75, 3.05) is 20.3 Å². The maximum atomic E-state index is 5.14. The molecule has 0 aromatic carbocycles. The molecule has 0 saturated heterocycles. The fourth-order valence-electron chi connectivity index (χ4n) is 2.17. The normalized spacial score (nSPS) is 19.2. The summed E-state index contributed by atoms with van der Waals surface area (Å²) in [4.78, 5) is 0. The molecule has 1 atom stereocenters. The van der Waals surface area contributed by atoms with E-state index in [1.54, 1.807) is 7.11 Å². The van der Waals surface area contributed by atoms with Crippen LogP contribution in [-0.4, -0.2) is 26.3 Å². The van der Waals surface area contributed by atoms with Crippen LogP contribution in [0.25, 0.3) is 0 Å². The Morgan fingerprint density at radius 2 is 2.07 bits per heavy atom. The van der Waals surface area contributed by atoms with Gasteiger partial charge in [0.25, 0.3) is 0 Å². The van der Waals surface area contributed by atoms with Gasteiger partial charge in [0.2, 0.25) is 0 Å². The summed E-state index contributed by atoms with van der Waals surface area (Å²) >= 11 is 0. The molecule has 15 heavy (non-hydrogen) atoms. The van der Waals surface area contributed by atoms with Crippen LogP contribution in [0.2, 0.25) is 0 Å². The van der Waals surface area contributed by atoms with E-state index in [-0.39, 0.29) is 0 Å². The Balaban J connectivity index is 2.06. The van der Waals surface area contributed by atoms with Crippen molar-refractivity contribution in [2.24, 2.45) is 11.8 Å². The Labute approximate surface area is 94.8 Å². The lowest BCUT2D eigenvalue weighted by atomic mass is 9.83. The van der Waals surface area contributed by atoms with E-state index in [1.165, 1.54) is 32.2 Å². The molecule has 1 saturated carbocycles. The van der Waals surface area contributed by atoms with Crippen molar-refractivity contribution in [1.82, 2.24) is 5.32 Å². The van der Waals surface area contributed by atoms with Gasteiger partial charge in [-0.15, -0.1) is 0 Å². The van der Waals surface area contributed by atoms with Crippen LogP contribution in [0.3, 0.4) is 0 Å². The van der Waals surface area contributed by atoms with E-state index in [0.29, 0.717) is 12.0 Å². The van der Waals surface area contributed by atoms with Gasteiger partial charge in [0.05, 0.1) is 0 Å². The molecule has 1 aliphatic rings. The zero-order chi connectivity index (χ0) is 11.1. The third-order valence-electron chi connectivity index (χ3n) is 3.62. The monoisotopic (exact) mass is 213 g/mol. The van der Waals surface area contributed by atoms with E-state index < -0.39 is 0 Å². The van der Waals surface area contributed by atoms with Gasteiger partial charge in [-0.3, -0.25) is 0 Å². The van der Waals surface area contributed by atoms with E-state index in [1.807, 2.05) is 0 Å². The van der Waals surface area contributed by atoms with Crippen molar-refractivity contribution < 1.29 is 4.74 Å². The predicted octanol–water partition coefficient (Wildman–Crippen LogP) is 2.83. The second-order valence-electron chi connectivity index (χ2n) is 5.17. The van der Waals surface area contributed by atoms with Gasteiger partial charge in [-0.25, -0.2) is 0 Å². The largest absolute Gasteiger partial charge is 0.385 e. The minimum absolute atomic E-state index is 0.630. The topological polar surface area (TPSA) is 21.3 Å². The fraction of sp³-hybridized carbons (Fsp3) is 1.00. The van der Waals surface area contributed by atoms with Gasteiger partial charge in [0.1, 0.15) is 0 Å². The standard InChI is InChI=1S/C13H27NO/c1-11(2)13(8-10-15-3)14-9-7-12-5-4-6-12/h11-14H,4-10H2,1-3H3. The lowest BCUT2D eigenvalue weighted by Gasteiger charge is -2.28. The summed E-state index contributed by atoms with van der Waals surface area (Å²) in [5.74, 6) is 1.73.